The van der Waals surface area contributed by atoms with Gasteiger partial charge in [0.25, 0.3) is 0 Å². The Morgan fingerprint density at radius 3 is 1.16 bits per heavy atom. The van der Waals surface area contributed by atoms with Crippen molar-refractivity contribution < 1.29 is 9.59 Å². The molecule has 4 nitrogen and oxygen atoms in total. The van der Waals surface area contributed by atoms with E-state index < -0.39 is 0 Å². The minimum atomic E-state index is -0.319. The van der Waals surface area contributed by atoms with Gasteiger partial charge in [0.05, 0.1) is 0 Å². The average molecular weight is 541 g/mol. The van der Waals surface area contributed by atoms with Crippen molar-refractivity contribution >= 4 is 35.3 Å². The minimum Gasteiger partial charge on any atom is -0.355 e. The van der Waals surface area contributed by atoms with Gasteiger partial charge in [0.2, 0.25) is 11.8 Å². The normalized spacial score (nSPS) is 12.3. The number of thioether (sulfide) groups is 2. The van der Waals surface area contributed by atoms with Crippen LogP contribution in [0, 0.1) is 0 Å². The molecular formula is C32H32N2O2S2. The van der Waals surface area contributed by atoms with Crippen LogP contribution in [0.5, 0.6) is 0 Å². The highest BCUT2D eigenvalue weighted by molar-refractivity contribution is 8.00. The molecule has 0 bridgehead atoms. The van der Waals surface area contributed by atoms with Gasteiger partial charge in [0.1, 0.15) is 10.5 Å². The standard InChI is InChI=1S/C32H32N2O2S2/c35-31(29(25-15-5-1-6-16-25)37-27-19-9-3-10-20-27)33-23-13-14-24-34-32(36)30(26-17-7-2-8-18-26)38-28-21-11-4-12-22-28/h1-12,15-22,29-30H,13-14,23-24H2,(H,33,35)(H,34,36)/t29-,30-/m1/s1. The zero-order valence-electron chi connectivity index (χ0n) is 21.2. The molecule has 38 heavy (non-hydrogen) atoms. The molecule has 0 aliphatic carbocycles. The second kappa shape index (κ2) is 15.1. The second-order valence-electron chi connectivity index (χ2n) is 8.73. The van der Waals surface area contributed by atoms with Crippen molar-refractivity contribution in [1.82, 2.24) is 10.6 Å². The maximum atomic E-state index is 13.1. The van der Waals surface area contributed by atoms with Gasteiger partial charge in [-0.2, -0.15) is 0 Å². The summed E-state index contributed by atoms with van der Waals surface area (Å²) in [6, 6.07) is 39.7. The van der Waals surface area contributed by atoms with Gasteiger partial charge in [-0.15, -0.1) is 23.5 Å². The van der Waals surface area contributed by atoms with Crippen LogP contribution in [-0.4, -0.2) is 24.9 Å². The fourth-order valence-electron chi connectivity index (χ4n) is 3.93. The Labute approximate surface area is 233 Å². The number of hydrogen-bond donors (Lipinski definition) is 2. The van der Waals surface area contributed by atoms with Crippen molar-refractivity contribution in [2.45, 2.75) is 33.1 Å². The first-order valence-electron chi connectivity index (χ1n) is 12.8. The zero-order valence-corrected chi connectivity index (χ0v) is 22.8. The lowest BCUT2D eigenvalue weighted by Gasteiger charge is -2.18. The van der Waals surface area contributed by atoms with E-state index >= 15 is 0 Å². The Morgan fingerprint density at radius 2 is 0.816 bits per heavy atom. The van der Waals surface area contributed by atoms with Gasteiger partial charge in [-0.1, -0.05) is 97.1 Å². The maximum Gasteiger partial charge on any atom is 0.237 e. The zero-order chi connectivity index (χ0) is 26.4. The van der Waals surface area contributed by atoms with Gasteiger partial charge in [0, 0.05) is 22.9 Å². The molecule has 0 saturated carbocycles. The third-order valence-electron chi connectivity index (χ3n) is 5.88. The summed E-state index contributed by atoms with van der Waals surface area (Å²) < 4.78 is 0. The van der Waals surface area contributed by atoms with E-state index in [4.69, 9.17) is 0 Å². The molecule has 4 rings (SSSR count). The summed E-state index contributed by atoms with van der Waals surface area (Å²) in [6.45, 7) is 1.13. The maximum absolute atomic E-state index is 13.1. The van der Waals surface area contributed by atoms with E-state index in [1.165, 1.54) is 0 Å². The number of benzene rings is 4. The van der Waals surface area contributed by atoms with Crippen LogP contribution in [0.1, 0.15) is 34.5 Å². The van der Waals surface area contributed by atoms with Crippen molar-refractivity contribution in [1.29, 1.82) is 0 Å². The van der Waals surface area contributed by atoms with Crippen LogP contribution < -0.4 is 10.6 Å². The number of amides is 2. The van der Waals surface area contributed by atoms with Crippen LogP contribution >= 0.6 is 23.5 Å². The van der Waals surface area contributed by atoms with Crippen molar-refractivity contribution in [3.05, 3.63) is 132 Å². The third-order valence-corrected chi connectivity index (χ3v) is 8.41. The minimum absolute atomic E-state index is 0.00232. The van der Waals surface area contributed by atoms with E-state index in [9.17, 15) is 9.59 Å². The highest BCUT2D eigenvalue weighted by Gasteiger charge is 2.23. The Hall–Kier alpha value is -3.48. The Kier molecular flexibility index (Phi) is 10.9. The van der Waals surface area contributed by atoms with Crippen molar-refractivity contribution in [3.8, 4) is 0 Å². The molecule has 0 aromatic heterocycles. The molecule has 194 valence electrons. The number of unbranched alkanes of at least 4 members (excludes halogenated alkanes) is 1. The molecule has 0 spiro atoms. The van der Waals surface area contributed by atoms with Crippen molar-refractivity contribution in [2.24, 2.45) is 0 Å². The topological polar surface area (TPSA) is 58.2 Å². The van der Waals surface area contributed by atoms with E-state index in [1.807, 2.05) is 121 Å². The van der Waals surface area contributed by atoms with Crippen LogP contribution in [0.3, 0.4) is 0 Å². The van der Waals surface area contributed by atoms with Crippen LogP contribution in [-0.2, 0) is 9.59 Å². The Balaban J connectivity index is 1.25. The van der Waals surface area contributed by atoms with E-state index in [2.05, 4.69) is 10.6 Å². The summed E-state index contributed by atoms with van der Waals surface area (Å²) in [5.74, 6) is -0.00465. The highest BCUT2D eigenvalue weighted by atomic mass is 32.2. The molecule has 0 aliphatic heterocycles. The number of carbonyl (C=O) groups excluding carboxylic acids is 2. The molecule has 0 saturated heterocycles. The molecule has 0 heterocycles. The lowest BCUT2D eigenvalue weighted by atomic mass is 10.1. The van der Waals surface area contributed by atoms with E-state index in [0.717, 1.165) is 33.8 Å². The van der Waals surface area contributed by atoms with Crippen LogP contribution in [0.2, 0.25) is 0 Å². The quantitative estimate of drug-likeness (QED) is 0.141. The molecule has 0 radical (unpaired) electrons. The van der Waals surface area contributed by atoms with Gasteiger partial charge in [-0.3, -0.25) is 9.59 Å². The van der Waals surface area contributed by atoms with Gasteiger partial charge in [-0.25, -0.2) is 0 Å². The summed E-state index contributed by atoms with van der Waals surface area (Å²) in [5.41, 5.74) is 1.96. The summed E-state index contributed by atoms with van der Waals surface area (Å²) in [5, 5.41) is 5.55. The molecule has 4 aromatic carbocycles. The van der Waals surface area contributed by atoms with E-state index in [1.54, 1.807) is 23.5 Å². The SMILES string of the molecule is O=C(NCCCCNC(=O)[C@H](Sc1ccccc1)c1ccccc1)[C@H](Sc1ccccc1)c1ccccc1. The number of rotatable bonds is 13. The average Bonchev–Trinajstić information content (AvgIpc) is 2.98. The molecule has 0 fully saturated rings. The van der Waals surface area contributed by atoms with Crippen molar-refractivity contribution in [2.75, 3.05) is 13.1 Å². The predicted octanol–water partition coefficient (Wildman–Crippen LogP) is 7.07. The Morgan fingerprint density at radius 1 is 0.500 bits per heavy atom. The monoisotopic (exact) mass is 540 g/mol. The third kappa shape index (κ3) is 8.54. The molecule has 2 amide bonds. The molecule has 0 aliphatic rings. The number of carbonyl (C=O) groups is 2. The van der Waals surface area contributed by atoms with Crippen LogP contribution in [0.25, 0.3) is 0 Å². The van der Waals surface area contributed by atoms with Crippen molar-refractivity contribution in [3.63, 3.8) is 0 Å². The summed E-state index contributed by atoms with van der Waals surface area (Å²) in [4.78, 5) is 28.3. The molecule has 2 atom stereocenters. The number of hydrogen-bond acceptors (Lipinski definition) is 4. The van der Waals surface area contributed by atoms with Gasteiger partial charge in [-0.05, 0) is 48.2 Å². The van der Waals surface area contributed by atoms with E-state index in [0.29, 0.717) is 13.1 Å². The fourth-order valence-corrected chi connectivity index (χ4v) is 6.07. The predicted molar refractivity (Wildman–Crippen MR) is 158 cm³/mol. The highest BCUT2D eigenvalue weighted by Crippen LogP contribution is 2.36. The molecule has 0 unspecified atom stereocenters. The first kappa shape index (κ1) is 27.6. The summed E-state index contributed by atoms with van der Waals surface area (Å²) >= 11 is 3.10. The second-order valence-corrected chi connectivity index (χ2v) is 11.1. The van der Waals surface area contributed by atoms with Crippen LogP contribution in [0.4, 0.5) is 0 Å². The first-order chi connectivity index (χ1) is 18.7. The fraction of sp³-hybridized carbons (Fsp3) is 0.188. The lowest BCUT2D eigenvalue weighted by molar-refractivity contribution is -0.121. The lowest BCUT2D eigenvalue weighted by Crippen LogP contribution is -2.31. The molecular weight excluding hydrogens is 508 g/mol. The first-order valence-corrected chi connectivity index (χ1v) is 14.6. The largest absolute Gasteiger partial charge is 0.355 e. The number of nitrogens with one attached hydrogen (secondary N) is 2. The van der Waals surface area contributed by atoms with E-state index in [-0.39, 0.29) is 22.3 Å². The van der Waals surface area contributed by atoms with Gasteiger partial charge in [0.15, 0.2) is 0 Å². The smallest absolute Gasteiger partial charge is 0.237 e. The molecule has 2 N–H and O–H groups in total. The molecule has 4 aromatic rings. The van der Waals surface area contributed by atoms with Gasteiger partial charge >= 0.3 is 0 Å². The molecule has 6 heteroatoms. The van der Waals surface area contributed by atoms with Crippen LogP contribution in [0.15, 0.2) is 131 Å². The van der Waals surface area contributed by atoms with Gasteiger partial charge < -0.3 is 10.6 Å². The Bertz CT molecular complexity index is 1150. The summed E-state index contributed by atoms with van der Waals surface area (Å²) in [6.07, 6.45) is 1.57. The summed E-state index contributed by atoms with van der Waals surface area (Å²) in [7, 11) is 0.